The molecular formula is C40H32N2Si. The van der Waals surface area contributed by atoms with E-state index >= 15 is 0 Å². The summed E-state index contributed by atoms with van der Waals surface area (Å²) in [6, 6.07) is 56.8. The van der Waals surface area contributed by atoms with Gasteiger partial charge in [0.2, 0.25) is 0 Å². The van der Waals surface area contributed by atoms with Crippen LogP contribution in [0, 0.1) is 13.8 Å². The van der Waals surface area contributed by atoms with Gasteiger partial charge in [0.15, 0.2) is 8.07 Å². The molecule has 0 saturated carbocycles. The van der Waals surface area contributed by atoms with Crippen LogP contribution in [0.3, 0.4) is 0 Å². The van der Waals surface area contributed by atoms with Crippen LogP contribution < -0.4 is 10.4 Å². The smallest absolute Gasteiger partial charge is 0.185 e. The number of nitrogens with zero attached hydrogens (tertiary/aromatic N) is 2. The van der Waals surface area contributed by atoms with Gasteiger partial charge in [-0.1, -0.05) is 133 Å². The average molecular weight is 569 g/mol. The van der Waals surface area contributed by atoms with Crippen molar-refractivity contribution < 1.29 is 0 Å². The van der Waals surface area contributed by atoms with Gasteiger partial charge >= 0.3 is 0 Å². The van der Waals surface area contributed by atoms with Crippen LogP contribution in [0.25, 0.3) is 21.5 Å². The minimum atomic E-state index is -3.03. The molecule has 1 aliphatic rings. The molecule has 0 saturated heterocycles. The highest BCUT2D eigenvalue weighted by molar-refractivity contribution is 7.29. The number of pyridine rings is 2. The fraction of sp³-hybridized carbons (Fsp3) is 0.0500. The Labute approximate surface area is 254 Å². The van der Waals surface area contributed by atoms with Crippen LogP contribution in [0.4, 0.5) is 0 Å². The predicted octanol–water partition coefficient (Wildman–Crippen LogP) is 7.97. The molecule has 0 unspecified atom stereocenters. The van der Waals surface area contributed by atoms with Crippen molar-refractivity contribution in [3.05, 3.63) is 192 Å². The first-order valence-corrected chi connectivity index (χ1v) is 16.8. The molecule has 6 aromatic rings. The van der Waals surface area contributed by atoms with Crippen LogP contribution >= 0.6 is 0 Å². The van der Waals surface area contributed by atoms with E-state index in [1.54, 1.807) is 0 Å². The minimum absolute atomic E-state index is 1.00. The zero-order chi connectivity index (χ0) is 29.2. The second-order valence-electron chi connectivity index (χ2n) is 11.0. The van der Waals surface area contributed by atoms with Gasteiger partial charge in [-0.05, 0) is 81.2 Å². The van der Waals surface area contributed by atoms with Gasteiger partial charge in [-0.3, -0.25) is 9.97 Å². The van der Waals surface area contributed by atoms with Gasteiger partial charge < -0.3 is 0 Å². The molecule has 2 nitrogen and oxygen atoms in total. The van der Waals surface area contributed by atoms with Crippen LogP contribution in [0.15, 0.2) is 158 Å². The second-order valence-corrected chi connectivity index (χ2v) is 14.7. The van der Waals surface area contributed by atoms with Crippen LogP contribution in [-0.2, 0) is 0 Å². The summed E-state index contributed by atoms with van der Waals surface area (Å²) in [6.07, 6.45) is 0. The molecule has 3 heterocycles. The van der Waals surface area contributed by atoms with Crippen molar-refractivity contribution in [1.82, 2.24) is 9.97 Å². The molecule has 3 heteroatoms. The van der Waals surface area contributed by atoms with Crippen molar-refractivity contribution in [2.75, 3.05) is 0 Å². The molecule has 0 atom stereocenters. The number of aromatic nitrogens is 2. The number of allylic oxidation sites excluding steroid dienone is 2. The summed E-state index contributed by atoms with van der Waals surface area (Å²) in [5.41, 5.74) is 8.90. The summed E-state index contributed by atoms with van der Waals surface area (Å²) in [4.78, 5) is 10.6. The van der Waals surface area contributed by atoms with Gasteiger partial charge in [-0.2, -0.15) is 0 Å². The van der Waals surface area contributed by atoms with Crippen LogP contribution in [0.2, 0.25) is 0 Å². The van der Waals surface area contributed by atoms with Crippen molar-refractivity contribution >= 4 is 40.0 Å². The molecule has 0 fully saturated rings. The van der Waals surface area contributed by atoms with Gasteiger partial charge in [-0.25, -0.2) is 0 Å². The standard InChI is InChI=1S/C40H32N2Si/c1-29-17-15-27-35(41-29)39-37(31-19-7-3-8-20-31)38(32-21-9-4-10-22-32)40(36-28-16-18-30(2)42-36)43(39,33-23-11-5-12-24-33)34-25-13-6-14-26-34/h3-28H,1-2H3. The SMILES string of the molecule is Cc1cccc(C2=C(c3ccccc3)C(c3ccccc3)=C(c3cccc(C)n3)[Si]2(c2ccccc2)c2ccccc2)n1. The van der Waals surface area contributed by atoms with E-state index < -0.39 is 8.07 Å². The molecule has 0 amide bonds. The highest BCUT2D eigenvalue weighted by Gasteiger charge is 2.54. The summed E-state index contributed by atoms with van der Waals surface area (Å²) < 4.78 is 0. The van der Waals surface area contributed by atoms with Gasteiger partial charge in [0, 0.05) is 11.4 Å². The Morgan fingerprint density at radius 3 is 1.07 bits per heavy atom. The van der Waals surface area contributed by atoms with Gasteiger partial charge in [-0.15, -0.1) is 0 Å². The zero-order valence-electron chi connectivity index (χ0n) is 24.4. The molecule has 0 radical (unpaired) electrons. The van der Waals surface area contributed by atoms with Crippen molar-refractivity contribution in [1.29, 1.82) is 0 Å². The van der Waals surface area contributed by atoms with Gasteiger partial charge in [0.1, 0.15) is 0 Å². The highest BCUT2D eigenvalue weighted by Crippen LogP contribution is 2.54. The molecule has 0 bridgehead atoms. The number of aryl methyl sites for hydroxylation is 2. The Hall–Kier alpha value is -5.12. The topological polar surface area (TPSA) is 25.8 Å². The summed E-state index contributed by atoms with van der Waals surface area (Å²) in [6.45, 7) is 4.17. The van der Waals surface area contributed by atoms with Gasteiger partial charge in [0.05, 0.1) is 11.4 Å². The molecule has 0 N–H and O–H groups in total. The lowest BCUT2D eigenvalue weighted by atomic mass is 9.90. The maximum Gasteiger partial charge on any atom is 0.185 e. The molecule has 206 valence electrons. The van der Waals surface area contributed by atoms with E-state index in [1.807, 2.05) is 0 Å². The quantitative estimate of drug-likeness (QED) is 0.191. The largest absolute Gasteiger partial charge is 0.254 e. The summed E-state index contributed by atoms with van der Waals surface area (Å²) in [5.74, 6) is 0. The normalized spacial score (nSPS) is 14.3. The number of hydrogen-bond acceptors (Lipinski definition) is 2. The van der Waals surface area contributed by atoms with Crippen LogP contribution in [0.1, 0.15) is 33.9 Å². The molecule has 4 aromatic carbocycles. The number of hydrogen-bond donors (Lipinski definition) is 0. The Morgan fingerprint density at radius 1 is 0.372 bits per heavy atom. The zero-order valence-corrected chi connectivity index (χ0v) is 25.4. The van der Waals surface area contributed by atoms with E-state index in [0.717, 1.165) is 22.8 Å². The Morgan fingerprint density at radius 2 is 0.721 bits per heavy atom. The molecule has 43 heavy (non-hydrogen) atoms. The second kappa shape index (κ2) is 11.3. The lowest BCUT2D eigenvalue weighted by molar-refractivity contribution is 1.17. The van der Waals surface area contributed by atoms with Crippen molar-refractivity contribution in [2.24, 2.45) is 0 Å². The van der Waals surface area contributed by atoms with Crippen molar-refractivity contribution in [3.8, 4) is 0 Å². The van der Waals surface area contributed by atoms with Crippen LogP contribution in [-0.4, -0.2) is 18.0 Å². The number of rotatable bonds is 6. The third kappa shape index (κ3) is 4.59. The first-order chi connectivity index (χ1) is 21.2. The fourth-order valence-electron chi connectivity index (χ4n) is 6.66. The first kappa shape index (κ1) is 26.8. The molecule has 0 aliphatic carbocycles. The predicted molar refractivity (Wildman–Crippen MR) is 182 cm³/mol. The average Bonchev–Trinajstić information content (AvgIpc) is 3.39. The Bertz CT molecular complexity index is 1820. The molecule has 0 spiro atoms. The van der Waals surface area contributed by atoms with E-state index in [4.69, 9.17) is 9.97 Å². The lowest BCUT2D eigenvalue weighted by Crippen LogP contribution is -2.60. The number of benzene rings is 4. The third-order valence-electron chi connectivity index (χ3n) is 8.33. The van der Waals surface area contributed by atoms with E-state index in [2.05, 4.69) is 172 Å². The summed E-state index contributed by atoms with van der Waals surface area (Å²) in [5, 5.41) is 5.24. The monoisotopic (exact) mass is 568 g/mol. The van der Waals surface area contributed by atoms with E-state index in [0.29, 0.717) is 0 Å². The highest BCUT2D eigenvalue weighted by atomic mass is 28.3. The maximum absolute atomic E-state index is 5.28. The first-order valence-electron chi connectivity index (χ1n) is 14.8. The van der Waals surface area contributed by atoms with Crippen molar-refractivity contribution in [2.45, 2.75) is 13.8 Å². The van der Waals surface area contributed by atoms with E-state index in [1.165, 1.54) is 43.0 Å². The Balaban J connectivity index is 1.79. The fourth-order valence-corrected chi connectivity index (χ4v) is 12.1. The summed E-state index contributed by atoms with van der Waals surface area (Å²) >= 11 is 0. The lowest BCUT2D eigenvalue weighted by Gasteiger charge is -2.35. The molecular weight excluding hydrogens is 537 g/mol. The molecule has 2 aromatic heterocycles. The van der Waals surface area contributed by atoms with Gasteiger partial charge in [0.25, 0.3) is 0 Å². The van der Waals surface area contributed by atoms with Crippen LogP contribution in [0.5, 0.6) is 0 Å². The van der Waals surface area contributed by atoms with Crippen molar-refractivity contribution in [3.63, 3.8) is 0 Å². The van der Waals surface area contributed by atoms with E-state index in [-0.39, 0.29) is 0 Å². The Kier molecular flexibility index (Phi) is 7.02. The minimum Gasteiger partial charge on any atom is -0.254 e. The maximum atomic E-state index is 5.28. The summed E-state index contributed by atoms with van der Waals surface area (Å²) in [7, 11) is -3.03. The van der Waals surface area contributed by atoms with E-state index in [9.17, 15) is 0 Å². The molecule has 7 rings (SSSR count). The molecule has 1 aliphatic heterocycles. The third-order valence-corrected chi connectivity index (χ3v) is 13.2.